The van der Waals surface area contributed by atoms with Crippen LogP contribution in [-0.2, 0) is 11.2 Å². The van der Waals surface area contributed by atoms with Crippen molar-refractivity contribution in [3.8, 4) is 17.2 Å². The van der Waals surface area contributed by atoms with Crippen LogP contribution in [0.15, 0.2) is 36.4 Å². The molecule has 1 heterocycles. The molecular weight excluding hydrogens is 330 g/mol. The van der Waals surface area contributed by atoms with Gasteiger partial charge >= 0.3 is 0 Å². The molecule has 6 heteroatoms. The average molecular weight is 348 g/mol. The summed E-state index contributed by atoms with van der Waals surface area (Å²) < 4.78 is 16.1. The fourth-order valence-electron chi connectivity index (χ4n) is 2.35. The third kappa shape index (κ3) is 4.11. The van der Waals surface area contributed by atoms with E-state index in [4.69, 9.17) is 25.8 Å². The molecule has 0 bridgehead atoms. The van der Waals surface area contributed by atoms with Crippen molar-refractivity contribution in [2.24, 2.45) is 0 Å². The fourth-order valence-corrected chi connectivity index (χ4v) is 2.47. The highest BCUT2D eigenvalue weighted by atomic mass is 35.5. The molecule has 0 aliphatic carbocycles. The summed E-state index contributed by atoms with van der Waals surface area (Å²) >= 11 is 5.95. The average Bonchev–Trinajstić information content (AvgIpc) is 3.04. The van der Waals surface area contributed by atoms with Crippen molar-refractivity contribution in [3.63, 3.8) is 0 Å². The SMILES string of the molecule is Cc1cc(OCC(=O)NCCc2ccc3c(c2)OCO3)ccc1Cl. The Morgan fingerprint density at radius 2 is 2.04 bits per heavy atom. The normalized spacial score (nSPS) is 12.1. The van der Waals surface area contributed by atoms with Gasteiger partial charge in [0.05, 0.1) is 0 Å². The number of fused-ring (bicyclic) bond motifs is 1. The molecule has 24 heavy (non-hydrogen) atoms. The molecule has 0 atom stereocenters. The Bertz CT molecular complexity index is 748. The zero-order valence-electron chi connectivity index (χ0n) is 13.3. The smallest absolute Gasteiger partial charge is 0.257 e. The van der Waals surface area contributed by atoms with Gasteiger partial charge in [0.15, 0.2) is 18.1 Å². The van der Waals surface area contributed by atoms with Gasteiger partial charge in [-0.3, -0.25) is 4.79 Å². The van der Waals surface area contributed by atoms with Gasteiger partial charge in [-0.25, -0.2) is 0 Å². The predicted molar refractivity (Wildman–Crippen MR) is 91.0 cm³/mol. The summed E-state index contributed by atoms with van der Waals surface area (Å²) in [4.78, 5) is 11.8. The molecule has 0 unspecified atom stereocenters. The van der Waals surface area contributed by atoms with E-state index < -0.39 is 0 Å². The summed E-state index contributed by atoms with van der Waals surface area (Å²) in [6, 6.07) is 11.1. The molecular formula is C18H18ClNO4. The number of benzene rings is 2. The number of carbonyl (C=O) groups is 1. The third-order valence-corrected chi connectivity index (χ3v) is 4.10. The Morgan fingerprint density at radius 3 is 2.88 bits per heavy atom. The van der Waals surface area contributed by atoms with Gasteiger partial charge in [0.2, 0.25) is 6.79 Å². The molecule has 0 spiro atoms. The Morgan fingerprint density at radius 1 is 1.21 bits per heavy atom. The predicted octanol–water partition coefficient (Wildman–Crippen LogP) is 3.11. The molecule has 0 aromatic heterocycles. The number of halogens is 1. The van der Waals surface area contributed by atoms with Gasteiger partial charge in [-0.1, -0.05) is 17.7 Å². The first kappa shape index (κ1) is 16.5. The monoisotopic (exact) mass is 347 g/mol. The highest BCUT2D eigenvalue weighted by molar-refractivity contribution is 6.31. The molecule has 0 saturated heterocycles. The first-order chi connectivity index (χ1) is 11.6. The quantitative estimate of drug-likeness (QED) is 0.872. The minimum Gasteiger partial charge on any atom is -0.484 e. The fraction of sp³-hybridized carbons (Fsp3) is 0.278. The highest BCUT2D eigenvalue weighted by Crippen LogP contribution is 2.32. The second-order valence-electron chi connectivity index (χ2n) is 5.49. The Balaban J connectivity index is 1.41. The van der Waals surface area contributed by atoms with Crippen LogP contribution in [0.1, 0.15) is 11.1 Å². The van der Waals surface area contributed by atoms with Crippen LogP contribution in [0.25, 0.3) is 0 Å². The second-order valence-corrected chi connectivity index (χ2v) is 5.89. The molecule has 2 aromatic carbocycles. The summed E-state index contributed by atoms with van der Waals surface area (Å²) in [6.07, 6.45) is 0.711. The molecule has 1 amide bonds. The van der Waals surface area contributed by atoms with E-state index in [1.54, 1.807) is 12.1 Å². The van der Waals surface area contributed by atoms with Crippen molar-refractivity contribution in [3.05, 3.63) is 52.5 Å². The second kappa shape index (κ2) is 7.45. The summed E-state index contributed by atoms with van der Waals surface area (Å²) in [7, 11) is 0. The lowest BCUT2D eigenvalue weighted by Gasteiger charge is -2.09. The van der Waals surface area contributed by atoms with Crippen molar-refractivity contribution in [1.82, 2.24) is 5.32 Å². The lowest BCUT2D eigenvalue weighted by atomic mass is 10.1. The molecule has 5 nitrogen and oxygen atoms in total. The molecule has 2 aromatic rings. The van der Waals surface area contributed by atoms with Crippen LogP contribution in [0.4, 0.5) is 0 Å². The maximum atomic E-state index is 11.8. The van der Waals surface area contributed by atoms with Crippen LogP contribution in [0, 0.1) is 6.92 Å². The van der Waals surface area contributed by atoms with Crippen molar-refractivity contribution < 1.29 is 19.0 Å². The van der Waals surface area contributed by atoms with Crippen LogP contribution in [0.5, 0.6) is 17.2 Å². The minimum atomic E-state index is -0.164. The Hall–Kier alpha value is -2.40. The molecule has 1 aliphatic heterocycles. The zero-order chi connectivity index (χ0) is 16.9. The van der Waals surface area contributed by atoms with Crippen molar-refractivity contribution in [2.45, 2.75) is 13.3 Å². The lowest BCUT2D eigenvalue weighted by Crippen LogP contribution is -2.30. The summed E-state index contributed by atoms with van der Waals surface area (Å²) in [5.41, 5.74) is 1.99. The number of ether oxygens (including phenoxy) is 3. The van der Waals surface area contributed by atoms with Gasteiger partial charge in [0.1, 0.15) is 5.75 Å². The number of amides is 1. The van der Waals surface area contributed by atoms with Gasteiger partial charge in [0, 0.05) is 11.6 Å². The van der Waals surface area contributed by atoms with Crippen molar-refractivity contribution in [2.75, 3.05) is 19.9 Å². The van der Waals surface area contributed by atoms with Gasteiger partial charge in [-0.15, -0.1) is 0 Å². The lowest BCUT2D eigenvalue weighted by molar-refractivity contribution is -0.123. The van der Waals surface area contributed by atoms with Crippen LogP contribution in [0.2, 0.25) is 5.02 Å². The summed E-state index contributed by atoms with van der Waals surface area (Å²) in [5.74, 6) is 1.97. The van der Waals surface area contributed by atoms with E-state index in [1.807, 2.05) is 31.2 Å². The molecule has 3 rings (SSSR count). The van der Waals surface area contributed by atoms with Crippen LogP contribution >= 0.6 is 11.6 Å². The number of hydrogen-bond donors (Lipinski definition) is 1. The number of carbonyl (C=O) groups excluding carboxylic acids is 1. The number of rotatable bonds is 6. The summed E-state index contributed by atoms with van der Waals surface area (Å²) in [5, 5.41) is 3.51. The van der Waals surface area contributed by atoms with E-state index in [9.17, 15) is 4.79 Å². The van der Waals surface area contributed by atoms with Gasteiger partial charge in [0.25, 0.3) is 5.91 Å². The largest absolute Gasteiger partial charge is 0.484 e. The molecule has 1 N–H and O–H groups in total. The van der Waals surface area contributed by atoms with Crippen molar-refractivity contribution in [1.29, 1.82) is 0 Å². The van der Waals surface area contributed by atoms with E-state index in [0.717, 1.165) is 22.6 Å². The highest BCUT2D eigenvalue weighted by Gasteiger charge is 2.13. The Labute approximate surface area is 145 Å². The number of hydrogen-bond acceptors (Lipinski definition) is 4. The number of nitrogens with one attached hydrogen (secondary N) is 1. The van der Waals surface area contributed by atoms with Crippen molar-refractivity contribution >= 4 is 17.5 Å². The first-order valence-electron chi connectivity index (χ1n) is 7.66. The van der Waals surface area contributed by atoms with E-state index >= 15 is 0 Å². The maximum absolute atomic E-state index is 11.8. The first-order valence-corrected chi connectivity index (χ1v) is 8.04. The molecule has 1 aliphatic rings. The topological polar surface area (TPSA) is 56.8 Å². The maximum Gasteiger partial charge on any atom is 0.257 e. The van der Waals surface area contributed by atoms with E-state index in [0.29, 0.717) is 23.7 Å². The minimum absolute atomic E-state index is 0.0256. The van der Waals surface area contributed by atoms with Crippen LogP contribution in [0.3, 0.4) is 0 Å². The molecule has 0 fully saturated rings. The summed E-state index contributed by atoms with van der Waals surface area (Å²) in [6.45, 7) is 2.65. The molecule has 0 radical (unpaired) electrons. The zero-order valence-corrected chi connectivity index (χ0v) is 14.1. The van der Waals surface area contributed by atoms with Crippen LogP contribution < -0.4 is 19.5 Å². The van der Waals surface area contributed by atoms with Gasteiger partial charge in [-0.2, -0.15) is 0 Å². The van der Waals surface area contributed by atoms with Gasteiger partial charge < -0.3 is 19.5 Å². The Kier molecular flexibility index (Phi) is 5.11. The molecule has 0 saturated carbocycles. The van der Waals surface area contributed by atoms with E-state index in [2.05, 4.69) is 5.32 Å². The van der Waals surface area contributed by atoms with Crippen LogP contribution in [-0.4, -0.2) is 25.9 Å². The van der Waals surface area contributed by atoms with E-state index in [1.165, 1.54) is 0 Å². The molecule has 126 valence electrons. The van der Waals surface area contributed by atoms with Gasteiger partial charge in [-0.05, 0) is 54.8 Å². The third-order valence-electron chi connectivity index (χ3n) is 3.67. The number of aryl methyl sites for hydroxylation is 1. The standard InChI is InChI=1S/C18H18ClNO4/c1-12-8-14(3-4-15(12)19)22-10-18(21)20-7-6-13-2-5-16-17(9-13)24-11-23-16/h2-5,8-9H,6-7,10-11H2,1H3,(H,20,21). The van der Waals surface area contributed by atoms with E-state index in [-0.39, 0.29) is 19.3 Å².